The molecule has 0 saturated carbocycles. The fourth-order valence-corrected chi connectivity index (χ4v) is 1.78. The third-order valence-corrected chi connectivity index (χ3v) is 2.78. The minimum Gasteiger partial charge on any atom is -0.457 e. The quantitative estimate of drug-likeness (QED) is 0.763. The maximum absolute atomic E-state index is 5.73. The van der Waals surface area contributed by atoms with E-state index in [4.69, 9.17) is 10.5 Å². The van der Waals surface area contributed by atoms with Gasteiger partial charge in [0.15, 0.2) is 0 Å². The lowest BCUT2D eigenvalue weighted by atomic mass is 10.3. The van der Waals surface area contributed by atoms with Crippen LogP contribution in [0, 0.1) is 0 Å². The molecule has 104 valence electrons. The van der Waals surface area contributed by atoms with Crippen molar-refractivity contribution in [1.82, 2.24) is 9.97 Å². The van der Waals surface area contributed by atoms with Gasteiger partial charge in [0.25, 0.3) is 0 Å². The van der Waals surface area contributed by atoms with Gasteiger partial charge in [-0.15, -0.1) is 0 Å². The number of rotatable bonds is 4. The van der Waals surface area contributed by atoms with E-state index in [1.165, 1.54) is 6.20 Å². The summed E-state index contributed by atoms with van der Waals surface area (Å²) < 4.78 is 5.73. The number of nitrogens with two attached hydrogens (primary N) is 1. The first-order valence-corrected chi connectivity index (χ1v) is 6.47. The van der Waals surface area contributed by atoms with Gasteiger partial charge in [-0.3, -0.25) is 0 Å². The van der Waals surface area contributed by atoms with Gasteiger partial charge in [-0.1, -0.05) is 18.2 Å². The molecule has 21 heavy (non-hydrogen) atoms. The van der Waals surface area contributed by atoms with Gasteiger partial charge < -0.3 is 15.8 Å². The minimum absolute atomic E-state index is 0.396. The van der Waals surface area contributed by atoms with Crippen molar-refractivity contribution in [2.45, 2.75) is 0 Å². The third kappa shape index (κ3) is 3.48. The summed E-state index contributed by atoms with van der Waals surface area (Å²) in [6.07, 6.45) is 3.10. The van der Waals surface area contributed by atoms with E-state index >= 15 is 0 Å². The highest BCUT2D eigenvalue weighted by Gasteiger charge is 1.99. The Labute approximate surface area is 122 Å². The first-order valence-electron chi connectivity index (χ1n) is 6.47. The van der Waals surface area contributed by atoms with Crippen molar-refractivity contribution in [3.05, 3.63) is 67.0 Å². The molecule has 0 radical (unpaired) electrons. The Morgan fingerprint density at radius 2 is 1.52 bits per heavy atom. The fourth-order valence-electron chi connectivity index (χ4n) is 1.78. The van der Waals surface area contributed by atoms with Gasteiger partial charge in [0.2, 0.25) is 0 Å². The van der Waals surface area contributed by atoms with E-state index in [9.17, 15) is 0 Å². The molecule has 0 aliphatic rings. The van der Waals surface area contributed by atoms with Crippen molar-refractivity contribution >= 4 is 17.3 Å². The van der Waals surface area contributed by atoms with Crippen LogP contribution in [-0.4, -0.2) is 9.97 Å². The Morgan fingerprint density at radius 1 is 0.810 bits per heavy atom. The molecule has 0 atom stereocenters. The van der Waals surface area contributed by atoms with Crippen molar-refractivity contribution in [3.8, 4) is 11.5 Å². The first-order chi connectivity index (χ1) is 10.3. The molecule has 5 heteroatoms. The van der Waals surface area contributed by atoms with Gasteiger partial charge in [-0.05, 0) is 36.4 Å². The number of anilines is 3. The summed E-state index contributed by atoms with van der Waals surface area (Å²) in [7, 11) is 0. The molecule has 0 unspecified atom stereocenters. The molecule has 0 saturated heterocycles. The lowest BCUT2D eigenvalue weighted by molar-refractivity contribution is 0.483. The zero-order valence-electron chi connectivity index (χ0n) is 11.2. The molecule has 0 aliphatic carbocycles. The van der Waals surface area contributed by atoms with E-state index in [1.54, 1.807) is 6.20 Å². The van der Waals surface area contributed by atoms with E-state index < -0.39 is 0 Å². The van der Waals surface area contributed by atoms with Crippen LogP contribution in [0.25, 0.3) is 0 Å². The topological polar surface area (TPSA) is 73.1 Å². The van der Waals surface area contributed by atoms with Crippen LogP contribution in [0.2, 0.25) is 0 Å². The smallest absolute Gasteiger partial charge is 0.149 e. The second kappa shape index (κ2) is 5.92. The van der Waals surface area contributed by atoms with Crippen molar-refractivity contribution in [2.75, 3.05) is 11.1 Å². The van der Waals surface area contributed by atoms with Crippen LogP contribution >= 0.6 is 0 Å². The van der Waals surface area contributed by atoms with Gasteiger partial charge in [-0.2, -0.15) is 0 Å². The number of benzene rings is 2. The number of ether oxygens (including phenoxy) is 1. The van der Waals surface area contributed by atoms with E-state index in [1.807, 2.05) is 54.6 Å². The van der Waals surface area contributed by atoms with Gasteiger partial charge >= 0.3 is 0 Å². The second-order valence-corrected chi connectivity index (χ2v) is 4.39. The van der Waals surface area contributed by atoms with Crippen molar-refractivity contribution in [3.63, 3.8) is 0 Å². The average molecular weight is 278 g/mol. The molecule has 0 bridgehead atoms. The Balaban J connectivity index is 1.68. The third-order valence-electron chi connectivity index (χ3n) is 2.78. The zero-order valence-corrected chi connectivity index (χ0v) is 11.2. The summed E-state index contributed by atoms with van der Waals surface area (Å²) >= 11 is 0. The Morgan fingerprint density at radius 3 is 2.19 bits per heavy atom. The molecule has 3 rings (SSSR count). The Hall–Kier alpha value is -3.08. The van der Waals surface area contributed by atoms with Gasteiger partial charge in [0.05, 0.1) is 12.4 Å². The lowest BCUT2D eigenvalue weighted by Crippen LogP contribution is -1.97. The molecule has 0 spiro atoms. The van der Waals surface area contributed by atoms with Crippen LogP contribution in [0.15, 0.2) is 67.0 Å². The molecule has 5 nitrogen and oxygen atoms in total. The van der Waals surface area contributed by atoms with Crippen LogP contribution in [0.5, 0.6) is 11.5 Å². The Bertz CT molecular complexity index is 697. The summed E-state index contributed by atoms with van der Waals surface area (Å²) in [4.78, 5) is 8.11. The molecular formula is C16H14N4O. The number of hydrogen-bond donors (Lipinski definition) is 2. The summed E-state index contributed by atoms with van der Waals surface area (Å²) in [6, 6.07) is 17.3. The lowest BCUT2D eigenvalue weighted by Gasteiger charge is -2.08. The monoisotopic (exact) mass is 278 g/mol. The number of nitrogen functional groups attached to an aromatic ring is 1. The molecular weight excluding hydrogens is 264 g/mol. The zero-order chi connectivity index (χ0) is 14.5. The molecule has 3 aromatic rings. The maximum Gasteiger partial charge on any atom is 0.149 e. The number of para-hydroxylation sites is 1. The molecule has 3 N–H and O–H groups in total. The van der Waals surface area contributed by atoms with Crippen LogP contribution in [0.1, 0.15) is 0 Å². The summed E-state index contributed by atoms with van der Waals surface area (Å²) in [5.41, 5.74) is 6.39. The maximum atomic E-state index is 5.73. The largest absolute Gasteiger partial charge is 0.457 e. The molecule has 1 heterocycles. The first kappa shape index (κ1) is 12.9. The molecule has 0 fully saturated rings. The van der Waals surface area contributed by atoms with E-state index in [2.05, 4.69) is 15.3 Å². The second-order valence-electron chi connectivity index (χ2n) is 4.39. The fraction of sp³-hybridized carbons (Fsp3) is 0. The summed E-state index contributed by atoms with van der Waals surface area (Å²) in [5, 5.41) is 3.14. The highest BCUT2D eigenvalue weighted by atomic mass is 16.5. The van der Waals surface area contributed by atoms with Crippen molar-refractivity contribution < 1.29 is 4.74 Å². The Kier molecular flexibility index (Phi) is 3.64. The van der Waals surface area contributed by atoms with Crippen LogP contribution in [0.4, 0.5) is 17.3 Å². The summed E-state index contributed by atoms with van der Waals surface area (Å²) in [6.45, 7) is 0. The normalized spacial score (nSPS) is 10.1. The van der Waals surface area contributed by atoms with Crippen LogP contribution in [0.3, 0.4) is 0 Å². The van der Waals surface area contributed by atoms with E-state index in [-0.39, 0.29) is 0 Å². The predicted octanol–water partition coefficient (Wildman–Crippen LogP) is 3.59. The van der Waals surface area contributed by atoms with Crippen molar-refractivity contribution in [2.24, 2.45) is 0 Å². The van der Waals surface area contributed by atoms with Crippen LogP contribution in [-0.2, 0) is 0 Å². The minimum atomic E-state index is 0.396. The summed E-state index contributed by atoms with van der Waals surface area (Å²) in [5.74, 6) is 2.62. The predicted molar refractivity (Wildman–Crippen MR) is 82.7 cm³/mol. The average Bonchev–Trinajstić information content (AvgIpc) is 2.53. The highest BCUT2D eigenvalue weighted by Crippen LogP contribution is 2.23. The number of hydrogen-bond acceptors (Lipinski definition) is 5. The van der Waals surface area contributed by atoms with Gasteiger partial charge in [-0.25, -0.2) is 9.97 Å². The standard InChI is InChI=1S/C16H14N4O/c17-15-10-19-16(11-18-15)20-12-6-8-14(9-7-12)21-13-4-2-1-3-5-13/h1-11H,(H2,17,18)(H,19,20). The molecule has 1 aromatic heterocycles. The number of aromatic nitrogens is 2. The van der Waals surface area contributed by atoms with Crippen LogP contribution < -0.4 is 15.8 Å². The molecule has 0 amide bonds. The molecule has 0 aliphatic heterocycles. The number of nitrogens with zero attached hydrogens (tertiary/aromatic N) is 2. The number of nitrogens with one attached hydrogen (secondary N) is 1. The van der Waals surface area contributed by atoms with E-state index in [0.717, 1.165) is 17.2 Å². The molecule has 2 aromatic carbocycles. The van der Waals surface area contributed by atoms with Gasteiger partial charge in [0.1, 0.15) is 23.1 Å². The SMILES string of the molecule is Nc1cnc(Nc2ccc(Oc3ccccc3)cc2)cn1. The highest BCUT2D eigenvalue weighted by molar-refractivity contribution is 5.57. The van der Waals surface area contributed by atoms with E-state index in [0.29, 0.717) is 11.6 Å². The van der Waals surface area contributed by atoms with Crippen molar-refractivity contribution in [1.29, 1.82) is 0 Å². The van der Waals surface area contributed by atoms with Gasteiger partial charge in [0, 0.05) is 5.69 Å².